The van der Waals surface area contributed by atoms with E-state index in [4.69, 9.17) is 18.5 Å². The molecule has 0 aromatic carbocycles. The zero-order valence-corrected chi connectivity index (χ0v) is 28.8. The zero-order chi connectivity index (χ0) is 36.1. The Bertz CT molecular complexity index is 1230. The average molecular weight is 705 g/mol. The number of carbonyl (C=O) groups excluding carboxylic acids is 5. The van der Waals surface area contributed by atoms with Crippen molar-refractivity contribution in [3.05, 3.63) is 18.2 Å². The Balaban J connectivity index is 2.47. The summed E-state index contributed by atoms with van der Waals surface area (Å²) in [7, 11) is -4.64. The molecule has 2 amide bonds. The van der Waals surface area contributed by atoms with Gasteiger partial charge in [0.25, 0.3) is 0 Å². The third kappa shape index (κ3) is 18.6. The van der Waals surface area contributed by atoms with Gasteiger partial charge in [-0.1, -0.05) is 39.5 Å². The number of aromatic nitrogens is 2. The number of amides is 2. The minimum Gasteiger partial charge on any atom is -0.480 e. The quantitative estimate of drug-likeness (QED) is 0.0403. The summed E-state index contributed by atoms with van der Waals surface area (Å²) in [4.78, 5) is 88.9. The number of aromatic amines is 1. The molecule has 0 saturated heterocycles. The smallest absolute Gasteiger partial charge is 0.475 e. The molecule has 1 rings (SSSR count). The highest BCUT2D eigenvalue weighted by atomic mass is 31.2. The lowest BCUT2D eigenvalue weighted by Gasteiger charge is -2.21. The van der Waals surface area contributed by atoms with Crippen molar-refractivity contribution in [1.82, 2.24) is 20.6 Å². The molecule has 5 N–H and O–H groups in total. The molecule has 1 aromatic rings. The van der Waals surface area contributed by atoms with Gasteiger partial charge in [0.05, 0.1) is 12.9 Å². The van der Waals surface area contributed by atoms with Gasteiger partial charge in [-0.05, 0) is 33.1 Å². The van der Waals surface area contributed by atoms with Crippen molar-refractivity contribution in [2.75, 3.05) is 13.2 Å². The van der Waals surface area contributed by atoms with E-state index in [9.17, 15) is 43.3 Å². The highest BCUT2D eigenvalue weighted by Crippen LogP contribution is 2.45. The lowest BCUT2D eigenvalue weighted by molar-refractivity contribution is -0.179. The van der Waals surface area contributed by atoms with E-state index in [1.54, 1.807) is 13.8 Å². The lowest BCUT2D eigenvalue weighted by atomic mass is 9.94. The number of carbonyl (C=O) groups is 6. The van der Waals surface area contributed by atoms with Gasteiger partial charge in [0.15, 0.2) is 6.61 Å². The number of nitrogens with one attached hydrogen (secondary N) is 3. The van der Waals surface area contributed by atoms with Gasteiger partial charge in [0.2, 0.25) is 18.1 Å². The summed E-state index contributed by atoms with van der Waals surface area (Å²) in [5.74, 6) is -4.62. The number of carboxylic acids is 1. The highest BCUT2D eigenvalue weighted by molar-refractivity contribution is 7.47. The number of aliphatic carboxylic acids is 1. The van der Waals surface area contributed by atoms with Gasteiger partial charge in [0.1, 0.15) is 17.9 Å². The summed E-state index contributed by atoms with van der Waals surface area (Å²) >= 11 is 0. The molecule has 0 aliphatic heterocycles. The number of ketones is 1. The Morgan fingerprint density at radius 3 is 2.29 bits per heavy atom. The minimum absolute atomic E-state index is 0.0240. The van der Waals surface area contributed by atoms with Crippen LogP contribution >= 0.6 is 7.82 Å². The molecule has 0 aliphatic carbocycles. The first kappa shape index (κ1) is 42.4. The molecule has 1 aromatic heterocycles. The van der Waals surface area contributed by atoms with Crippen molar-refractivity contribution in [3.63, 3.8) is 0 Å². The Morgan fingerprint density at radius 2 is 1.69 bits per heavy atom. The lowest BCUT2D eigenvalue weighted by Crippen LogP contribution is -2.52. The molecule has 0 radical (unpaired) electrons. The van der Waals surface area contributed by atoms with Gasteiger partial charge in [-0.3, -0.25) is 23.7 Å². The number of unbranched alkanes of at least 4 members (excludes halogenated alkanes) is 4. The van der Waals surface area contributed by atoms with Crippen LogP contribution in [0.1, 0.15) is 97.6 Å². The maximum atomic E-state index is 12.9. The van der Waals surface area contributed by atoms with Crippen LogP contribution in [0.4, 0.5) is 0 Å². The number of carboxylic acid groups (broad SMARTS) is 1. The topological polar surface area (TPSA) is 250 Å². The Morgan fingerprint density at radius 1 is 1.00 bits per heavy atom. The van der Waals surface area contributed by atoms with Crippen molar-refractivity contribution in [1.29, 1.82) is 0 Å². The van der Waals surface area contributed by atoms with E-state index in [0.29, 0.717) is 50.6 Å². The third-order valence-corrected chi connectivity index (χ3v) is 7.85. The van der Waals surface area contributed by atoms with Crippen LogP contribution in [0.5, 0.6) is 0 Å². The number of hydrogen-bond donors (Lipinski definition) is 5. The van der Waals surface area contributed by atoms with Crippen molar-refractivity contribution in [2.45, 2.75) is 117 Å². The zero-order valence-electron chi connectivity index (χ0n) is 27.9. The van der Waals surface area contributed by atoms with Gasteiger partial charge in [-0.2, -0.15) is 0 Å². The minimum atomic E-state index is -4.64. The number of phosphoric ester groups is 1. The molecule has 5 atom stereocenters. The highest BCUT2D eigenvalue weighted by Gasteiger charge is 2.30. The standard InChI is InChI=1S/C30H49N4O13P/c1-5-12-26(37)46-27(18-44-25(36)6-2)47-48(42,43)45-14-11-9-7-8-10-13-22(15-20(3)35)29(39)33-21(4)28(38)34-24(30(40)41)16-23-17-31-19-32-23/h17,19,21-22,24,27H,5-16,18H2,1-4H3,(H,31,32)(H,33,39)(H,34,38)(H,40,41)(H,42,43). The van der Waals surface area contributed by atoms with Gasteiger partial charge >= 0.3 is 25.7 Å². The van der Waals surface area contributed by atoms with Crippen molar-refractivity contribution in [2.24, 2.45) is 5.92 Å². The second-order valence-electron chi connectivity index (χ2n) is 11.2. The van der Waals surface area contributed by atoms with E-state index in [-0.39, 0.29) is 38.1 Å². The number of ether oxygens (including phenoxy) is 2. The number of esters is 2. The summed E-state index contributed by atoms with van der Waals surface area (Å²) < 4.78 is 32.1. The maximum Gasteiger partial charge on any atom is 0.475 e. The summed E-state index contributed by atoms with van der Waals surface area (Å²) in [6.45, 7) is 5.38. The first-order valence-corrected chi connectivity index (χ1v) is 17.5. The van der Waals surface area contributed by atoms with E-state index >= 15 is 0 Å². The van der Waals surface area contributed by atoms with Crippen LogP contribution in [0.25, 0.3) is 0 Å². The molecule has 272 valence electrons. The fraction of sp³-hybridized carbons (Fsp3) is 0.700. The molecule has 5 unspecified atom stereocenters. The van der Waals surface area contributed by atoms with Gasteiger partial charge in [-0.25, -0.2) is 18.9 Å². The van der Waals surface area contributed by atoms with E-state index in [1.807, 2.05) is 0 Å². The van der Waals surface area contributed by atoms with Crippen LogP contribution in [0.3, 0.4) is 0 Å². The fourth-order valence-electron chi connectivity index (χ4n) is 4.32. The van der Waals surface area contributed by atoms with Crippen LogP contribution in [-0.2, 0) is 58.3 Å². The molecule has 0 fully saturated rings. The Kier molecular flexibility index (Phi) is 20.1. The van der Waals surface area contributed by atoms with Crippen LogP contribution in [0.2, 0.25) is 0 Å². The summed E-state index contributed by atoms with van der Waals surface area (Å²) in [6, 6.07) is -2.29. The van der Waals surface area contributed by atoms with Gasteiger partial charge in [-0.15, -0.1) is 0 Å². The molecular weight excluding hydrogens is 655 g/mol. The normalized spacial score (nSPS) is 14.9. The number of phosphoric acid groups is 1. The number of hydrogen-bond acceptors (Lipinski definition) is 12. The van der Waals surface area contributed by atoms with E-state index < -0.39 is 68.4 Å². The molecule has 1 heterocycles. The Labute approximate surface area is 279 Å². The monoisotopic (exact) mass is 704 g/mol. The molecule has 18 heteroatoms. The SMILES string of the molecule is CCCC(=O)OC(COC(=O)CC)OP(=O)(O)OCCCCCCCC(CC(C)=O)C(=O)NC(C)C(=O)NC(Cc1cnc[nH]1)C(=O)O. The molecule has 48 heavy (non-hydrogen) atoms. The van der Waals surface area contributed by atoms with Gasteiger partial charge in [0, 0.05) is 43.5 Å². The summed E-state index contributed by atoms with van der Waals surface area (Å²) in [6.07, 6.45) is 5.05. The third-order valence-electron chi connectivity index (χ3n) is 6.84. The van der Waals surface area contributed by atoms with Crippen LogP contribution in [0, 0.1) is 5.92 Å². The largest absolute Gasteiger partial charge is 0.480 e. The first-order valence-electron chi connectivity index (χ1n) is 16.0. The van der Waals surface area contributed by atoms with Crippen LogP contribution in [-0.4, -0.2) is 87.1 Å². The molecule has 0 spiro atoms. The number of rotatable bonds is 26. The van der Waals surface area contributed by atoms with Crippen molar-refractivity contribution in [3.8, 4) is 0 Å². The second-order valence-corrected chi connectivity index (χ2v) is 12.6. The molecule has 0 bridgehead atoms. The Hall–Kier alpha value is -3.66. The molecule has 17 nitrogen and oxygen atoms in total. The van der Waals surface area contributed by atoms with E-state index in [1.165, 1.54) is 26.4 Å². The van der Waals surface area contributed by atoms with E-state index in [0.717, 1.165) is 0 Å². The number of H-pyrrole nitrogens is 1. The van der Waals surface area contributed by atoms with E-state index in [2.05, 4.69) is 20.6 Å². The fourth-order valence-corrected chi connectivity index (χ4v) is 5.15. The number of imidazole rings is 1. The molecule has 0 saturated carbocycles. The average Bonchev–Trinajstić information content (AvgIpc) is 3.52. The summed E-state index contributed by atoms with van der Waals surface area (Å²) in [5.41, 5.74) is 0.513. The van der Waals surface area contributed by atoms with Crippen molar-refractivity contribution >= 4 is 43.3 Å². The number of nitrogens with zero attached hydrogens (tertiary/aromatic N) is 1. The predicted octanol–water partition coefficient (Wildman–Crippen LogP) is 2.72. The summed E-state index contributed by atoms with van der Waals surface area (Å²) in [5, 5.41) is 14.4. The van der Waals surface area contributed by atoms with Crippen molar-refractivity contribution < 1.29 is 61.9 Å². The van der Waals surface area contributed by atoms with Gasteiger partial charge < -0.3 is 39.9 Å². The predicted molar refractivity (Wildman–Crippen MR) is 169 cm³/mol. The first-order chi connectivity index (χ1) is 22.7. The second kappa shape index (κ2) is 22.8. The number of Topliss-reactive ketones (excluding diaryl/α,β-unsaturated/α-hetero) is 1. The van der Waals surface area contributed by atoms with Crippen LogP contribution in [0.15, 0.2) is 12.5 Å². The maximum absolute atomic E-state index is 12.9. The molecular formula is C30H49N4O13P. The van der Waals surface area contributed by atoms with Crippen LogP contribution < -0.4 is 10.6 Å². The molecule has 0 aliphatic rings.